The van der Waals surface area contributed by atoms with Crippen LogP contribution in [0.3, 0.4) is 0 Å². The highest BCUT2D eigenvalue weighted by atomic mass is 32.1. The monoisotopic (exact) mass is 469 g/mol. The summed E-state index contributed by atoms with van der Waals surface area (Å²) in [6.07, 6.45) is 1.77. The molecular weight excluding hydrogens is 446 g/mol. The van der Waals surface area contributed by atoms with Gasteiger partial charge in [0.2, 0.25) is 0 Å². The number of furan rings is 1. The molecule has 2 aromatic carbocycles. The molecule has 2 aromatic heterocycles. The number of nitrogens with zero attached hydrogens (tertiary/aromatic N) is 2. The summed E-state index contributed by atoms with van der Waals surface area (Å²) in [6, 6.07) is 22.5. The van der Waals surface area contributed by atoms with E-state index in [0.717, 1.165) is 28.3 Å². The lowest BCUT2D eigenvalue weighted by Gasteiger charge is -2.26. The maximum atomic E-state index is 11.3. The molecule has 1 aliphatic heterocycles. The number of anilines is 1. The normalized spacial score (nSPS) is 17.6. The van der Waals surface area contributed by atoms with Crippen molar-refractivity contribution in [3.8, 4) is 11.3 Å². The summed E-state index contributed by atoms with van der Waals surface area (Å²) in [5.41, 5.74) is 4.92. The predicted molar refractivity (Wildman–Crippen MR) is 135 cm³/mol. The molecule has 2 N–H and O–H groups in total. The van der Waals surface area contributed by atoms with Gasteiger partial charge in [-0.15, -0.1) is 0 Å². The average Bonchev–Trinajstić information content (AvgIpc) is 3.44. The van der Waals surface area contributed by atoms with Crippen LogP contribution < -0.4 is 10.2 Å². The van der Waals surface area contributed by atoms with Gasteiger partial charge in [-0.2, -0.15) is 0 Å². The molecule has 4 aromatic rings. The molecule has 0 saturated carbocycles. The first-order valence-corrected chi connectivity index (χ1v) is 11.3. The number of aromatic nitrogens is 1. The van der Waals surface area contributed by atoms with Gasteiger partial charge in [0.1, 0.15) is 17.6 Å². The fraction of sp³-hybridized carbons (Fsp3) is 0.148. The first-order chi connectivity index (χ1) is 16.4. The minimum atomic E-state index is -0.952. The molecule has 5 rings (SSSR count). The molecule has 0 spiro atoms. The van der Waals surface area contributed by atoms with Crippen molar-refractivity contribution in [3.05, 3.63) is 107 Å². The van der Waals surface area contributed by atoms with E-state index < -0.39 is 5.97 Å². The van der Waals surface area contributed by atoms with Gasteiger partial charge in [0.05, 0.1) is 17.3 Å². The van der Waals surface area contributed by atoms with Gasteiger partial charge < -0.3 is 19.7 Å². The van der Waals surface area contributed by atoms with Crippen LogP contribution in [0.15, 0.2) is 83.4 Å². The van der Waals surface area contributed by atoms with Gasteiger partial charge >= 0.3 is 5.97 Å². The minimum Gasteiger partial charge on any atom is -0.478 e. The topological polar surface area (TPSA) is 78.6 Å². The van der Waals surface area contributed by atoms with E-state index in [1.807, 2.05) is 37.3 Å². The van der Waals surface area contributed by atoms with Gasteiger partial charge in [0.15, 0.2) is 5.11 Å². The molecule has 1 fully saturated rings. The van der Waals surface area contributed by atoms with Gasteiger partial charge in [-0.05, 0) is 80.2 Å². The van der Waals surface area contributed by atoms with Gasteiger partial charge in [-0.1, -0.05) is 29.8 Å². The summed E-state index contributed by atoms with van der Waals surface area (Å²) < 4.78 is 6.39. The molecule has 0 radical (unpaired) electrons. The Morgan fingerprint density at radius 1 is 1.06 bits per heavy atom. The van der Waals surface area contributed by atoms with E-state index in [4.69, 9.17) is 16.6 Å². The van der Waals surface area contributed by atoms with Gasteiger partial charge in [0, 0.05) is 17.4 Å². The molecule has 3 heterocycles. The lowest BCUT2D eigenvalue weighted by molar-refractivity contribution is 0.0697. The second-order valence-electron chi connectivity index (χ2n) is 8.37. The first-order valence-electron chi connectivity index (χ1n) is 10.9. The van der Waals surface area contributed by atoms with Gasteiger partial charge in [-0.3, -0.25) is 4.98 Å². The Kier molecular flexibility index (Phi) is 5.63. The van der Waals surface area contributed by atoms with Crippen molar-refractivity contribution >= 4 is 29.0 Å². The minimum absolute atomic E-state index is 0.204. The molecule has 2 atom stereocenters. The third-order valence-corrected chi connectivity index (χ3v) is 6.38. The van der Waals surface area contributed by atoms with E-state index in [1.165, 1.54) is 5.56 Å². The van der Waals surface area contributed by atoms with Crippen molar-refractivity contribution in [1.82, 2.24) is 10.3 Å². The summed E-state index contributed by atoms with van der Waals surface area (Å²) in [5, 5.41) is 13.3. The molecule has 0 aliphatic carbocycles. The van der Waals surface area contributed by atoms with Crippen LogP contribution in [-0.2, 0) is 0 Å². The maximum Gasteiger partial charge on any atom is 0.335 e. The molecule has 34 heavy (non-hydrogen) atoms. The van der Waals surface area contributed by atoms with E-state index >= 15 is 0 Å². The maximum absolute atomic E-state index is 11.3. The number of hydrogen-bond donors (Lipinski definition) is 2. The number of nitrogens with one attached hydrogen (secondary N) is 1. The number of aryl methyl sites for hydroxylation is 2. The summed E-state index contributed by atoms with van der Waals surface area (Å²) >= 11 is 5.76. The number of benzene rings is 2. The van der Waals surface area contributed by atoms with Crippen molar-refractivity contribution in [3.63, 3.8) is 0 Å². The zero-order valence-corrected chi connectivity index (χ0v) is 19.5. The average molecular weight is 470 g/mol. The number of carbonyl (C=O) groups is 1. The second-order valence-corrected chi connectivity index (χ2v) is 8.76. The number of carboxylic acids is 1. The van der Waals surface area contributed by atoms with Crippen LogP contribution in [0.25, 0.3) is 11.3 Å². The van der Waals surface area contributed by atoms with Crippen LogP contribution in [0, 0.1) is 13.8 Å². The first kappa shape index (κ1) is 21.9. The second kappa shape index (κ2) is 8.76. The van der Waals surface area contributed by atoms with E-state index in [0.29, 0.717) is 10.9 Å². The van der Waals surface area contributed by atoms with Crippen molar-refractivity contribution in [1.29, 1.82) is 0 Å². The zero-order chi connectivity index (χ0) is 23.8. The SMILES string of the molecule is Cc1ccc(N2C(=S)N[C@H](c3ccccn3)[C@H]2c2ccc(-c3ccc(C(=O)O)cc3C)o2)cc1. The predicted octanol–water partition coefficient (Wildman–Crippen LogP) is 5.83. The highest BCUT2D eigenvalue weighted by molar-refractivity contribution is 7.80. The van der Waals surface area contributed by atoms with Crippen molar-refractivity contribution in [2.75, 3.05) is 4.90 Å². The Morgan fingerprint density at radius 2 is 1.85 bits per heavy atom. The van der Waals surface area contributed by atoms with Gasteiger partial charge in [-0.25, -0.2) is 4.79 Å². The summed E-state index contributed by atoms with van der Waals surface area (Å²) in [5.74, 6) is 0.457. The third kappa shape index (κ3) is 3.95. The van der Waals surface area contributed by atoms with E-state index in [9.17, 15) is 9.90 Å². The smallest absolute Gasteiger partial charge is 0.335 e. The van der Waals surface area contributed by atoms with Crippen molar-refractivity contribution < 1.29 is 14.3 Å². The molecule has 7 heteroatoms. The van der Waals surface area contributed by atoms with Crippen LogP contribution in [0.2, 0.25) is 0 Å². The Labute approximate surface area is 202 Å². The number of aromatic carboxylic acids is 1. The molecular formula is C27H23N3O3S. The Morgan fingerprint density at radius 3 is 2.53 bits per heavy atom. The lowest BCUT2D eigenvalue weighted by Crippen LogP contribution is -2.29. The van der Waals surface area contributed by atoms with Crippen molar-refractivity contribution in [2.24, 2.45) is 0 Å². The summed E-state index contributed by atoms with van der Waals surface area (Å²) in [6.45, 7) is 3.93. The third-order valence-electron chi connectivity index (χ3n) is 6.07. The summed E-state index contributed by atoms with van der Waals surface area (Å²) in [7, 11) is 0. The van der Waals surface area contributed by atoms with E-state index in [1.54, 1.807) is 24.4 Å². The number of rotatable bonds is 5. The van der Waals surface area contributed by atoms with Crippen LogP contribution in [0.4, 0.5) is 5.69 Å². The molecule has 170 valence electrons. The number of thiocarbonyl (C=S) groups is 1. The quantitative estimate of drug-likeness (QED) is 0.356. The summed E-state index contributed by atoms with van der Waals surface area (Å²) in [4.78, 5) is 18.0. The highest BCUT2D eigenvalue weighted by Crippen LogP contribution is 2.43. The fourth-order valence-electron chi connectivity index (χ4n) is 4.36. The standard InChI is InChI=1S/C27H23N3O3S/c1-16-6-9-19(10-7-16)30-25(24(29-27(30)34)21-5-3-4-14-28-21)23-13-12-22(33-23)20-11-8-18(26(31)32)15-17(20)2/h3-15,24-25H,1-2H3,(H,29,34)(H,31,32)/t24-,25-/m1/s1. The van der Waals surface area contributed by atoms with Crippen LogP contribution >= 0.6 is 12.2 Å². The lowest BCUT2D eigenvalue weighted by atomic mass is 10.0. The Hall–Kier alpha value is -3.97. The fourth-order valence-corrected chi connectivity index (χ4v) is 4.70. The highest BCUT2D eigenvalue weighted by Gasteiger charge is 2.42. The van der Waals surface area contributed by atoms with E-state index in [2.05, 4.69) is 46.4 Å². The van der Waals surface area contributed by atoms with Crippen LogP contribution in [0.5, 0.6) is 0 Å². The zero-order valence-electron chi connectivity index (χ0n) is 18.7. The number of hydrogen-bond acceptors (Lipinski definition) is 4. The van der Waals surface area contributed by atoms with E-state index in [-0.39, 0.29) is 17.6 Å². The Balaban J connectivity index is 1.58. The number of carboxylic acid groups (broad SMARTS) is 1. The van der Waals surface area contributed by atoms with Crippen LogP contribution in [0.1, 0.15) is 45.0 Å². The Bertz CT molecular complexity index is 1370. The molecule has 0 unspecified atom stereocenters. The molecule has 0 bridgehead atoms. The molecule has 1 saturated heterocycles. The van der Waals surface area contributed by atoms with Gasteiger partial charge in [0.25, 0.3) is 0 Å². The number of pyridine rings is 1. The largest absolute Gasteiger partial charge is 0.478 e. The molecule has 1 aliphatic rings. The molecule has 6 nitrogen and oxygen atoms in total. The van der Waals surface area contributed by atoms with Crippen molar-refractivity contribution in [2.45, 2.75) is 25.9 Å². The molecule has 0 amide bonds. The van der Waals surface area contributed by atoms with Crippen LogP contribution in [-0.4, -0.2) is 21.2 Å².